The van der Waals surface area contributed by atoms with E-state index in [2.05, 4.69) is 26.4 Å². The number of anilines is 1. The Morgan fingerprint density at radius 3 is 2.76 bits per heavy atom. The van der Waals surface area contributed by atoms with Crippen LogP contribution in [0.15, 0.2) is 36.8 Å². The second kappa shape index (κ2) is 8.76. The van der Waals surface area contributed by atoms with Gasteiger partial charge < -0.3 is 19.8 Å². The van der Waals surface area contributed by atoms with Gasteiger partial charge in [-0.05, 0) is 69.4 Å². The monoisotopic (exact) mass is 543 g/mol. The van der Waals surface area contributed by atoms with Crippen LogP contribution in [-0.2, 0) is 15.9 Å². The van der Waals surface area contributed by atoms with E-state index < -0.39 is 5.79 Å². The molecule has 2 fully saturated rings. The number of hydrogen-bond donors (Lipinski definition) is 1. The number of hydrogen-bond acceptors (Lipinski definition) is 6. The molecule has 0 spiro atoms. The van der Waals surface area contributed by atoms with Gasteiger partial charge in [0.25, 0.3) is 0 Å². The molecule has 0 radical (unpaired) electrons. The average molecular weight is 544 g/mol. The molecule has 2 aliphatic rings. The van der Waals surface area contributed by atoms with Crippen LogP contribution in [0.4, 0.5) is 10.2 Å². The van der Waals surface area contributed by atoms with Gasteiger partial charge in [0, 0.05) is 17.0 Å². The van der Waals surface area contributed by atoms with Crippen molar-refractivity contribution in [2.75, 3.05) is 5.73 Å². The zero-order valence-corrected chi connectivity index (χ0v) is 22.4. The maximum absolute atomic E-state index is 15.0. The number of nitrogens with zero attached hydrogens (tertiary/aromatic N) is 4. The van der Waals surface area contributed by atoms with Gasteiger partial charge in [-0.15, -0.1) is 0 Å². The number of halogens is 3. The van der Waals surface area contributed by atoms with Crippen molar-refractivity contribution in [3.8, 4) is 0 Å². The molecule has 2 N–H and O–H groups in total. The van der Waals surface area contributed by atoms with E-state index >= 15 is 0 Å². The van der Waals surface area contributed by atoms with Crippen LogP contribution in [0.5, 0.6) is 0 Å². The molecular formula is C27H28Cl2FN5O2. The fraction of sp³-hybridized carbons (Fsp3) is 0.444. The van der Waals surface area contributed by atoms with E-state index in [1.807, 2.05) is 32.2 Å². The van der Waals surface area contributed by atoms with E-state index in [1.54, 1.807) is 6.07 Å². The first-order chi connectivity index (χ1) is 17.6. The predicted octanol–water partition coefficient (Wildman–Crippen LogP) is 6.50. The molecule has 4 aromatic rings. The largest absolute Gasteiger partial charge is 0.382 e. The first-order valence-corrected chi connectivity index (χ1v) is 13.2. The van der Waals surface area contributed by atoms with Crippen LogP contribution in [0, 0.1) is 11.2 Å². The number of nitrogen functional groups attached to an aromatic ring is 1. The summed E-state index contributed by atoms with van der Waals surface area (Å²) in [4.78, 5) is 12.9. The van der Waals surface area contributed by atoms with E-state index in [0.717, 1.165) is 35.9 Å². The number of aryl methyl sites for hydroxylation is 1. The standard InChI is InChI=1S/C27H28Cl2FN5O2/c1-4-27(7-5-14-9-18(30)16-11-17(28)24(31)34-19(16)10-14)12-20(21-22(27)37-26(2,3)36-21)35-8-6-15-23(29)32-13-33-25(15)35/h6,8-11,13,20-22H,4-5,7,12H2,1-3H3,(H2,31,34)/t20-,21+,22+,27+/m1/s1. The number of fused-ring (bicyclic) bond motifs is 3. The smallest absolute Gasteiger partial charge is 0.163 e. The van der Waals surface area contributed by atoms with Gasteiger partial charge in [-0.3, -0.25) is 0 Å². The van der Waals surface area contributed by atoms with Crippen LogP contribution in [0.2, 0.25) is 10.2 Å². The Hall–Kier alpha value is -2.52. The van der Waals surface area contributed by atoms with Crippen molar-refractivity contribution in [2.24, 2.45) is 5.41 Å². The summed E-state index contributed by atoms with van der Waals surface area (Å²) in [7, 11) is 0. The average Bonchev–Trinajstić information content (AvgIpc) is 3.50. The number of rotatable bonds is 5. The SMILES string of the molecule is CC[C@]1(CCc2cc(F)c3cc(Cl)c(N)nc3c2)C[C@@H](n2ccc3c(Cl)ncnc32)[C@@H]2OC(C)(C)O[C@@H]21. The predicted molar refractivity (Wildman–Crippen MR) is 142 cm³/mol. The lowest BCUT2D eigenvalue weighted by Crippen LogP contribution is -2.36. The highest BCUT2D eigenvalue weighted by Crippen LogP contribution is 2.57. The summed E-state index contributed by atoms with van der Waals surface area (Å²) >= 11 is 12.4. The fourth-order valence-corrected chi connectivity index (χ4v) is 6.58. The Kier molecular flexibility index (Phi) is 5.87. The second-order valence-electron chi connectivity index (χ2n) is 10.6. The molecule has 3 aromatic heterocycles. The summed E-state index contributed by atoms with van der Waals surface area (Å²) in [6.07, 6.45) is 6.38. The van der Waals surface area contributed by atoms with Crippen LogP contribution in [-0.4, -0.2) is 37.5 Å². The molecule has 0 amide bonds. The van der Waals surface area contributed by atoms with Gasteiger partial charge in [0.05, 0.1) is 28.1 Å². The van der Waals surface area contributed by atoms with Crippen molar-refractivity contribution in [1.82, 2.24) is 19.5 Å². The van der Waals surface area contributed by atoms with E-state index in [0.29, 0.717) is 22.5 Å². The highest BCUT2D eigenvalue weighted by molar-refractivity contribution is 6.34. The summed E-state index contributed by atoms with van der Waals surface area (Å²) in [5.74, 6) is -0.870. The van der Waals surface area contributed by atoms with Crippen molar-refractivity contribution < 1.29 is 13.9 Å². The molecule has 1 aromatic carbocycles. The Morgan fingerprint density at radius 2 is 1.97 bits per heavy atom. The highest BCUT2D eigenvalue weighted by Gasteiger charge is 2.60. The highest BCUT2D eigenvalue weighted by atomic mass is 35.5. The molecule has 1 aliphatic carbocycles. The third-order valence-electron chi connectivity index (χ3n) is 8.09. The summed E-state index contributed by atoms with van der Waals surface area (Å²) in [5.41, 5.74) is 7.83. The topological polar surface area (TPSA) is 88.1 Å². The molecule has 1 saturated carbocycles. The molecule has 194 valence electrons. The van der Waals surface area contributed by atoms with E-state index in [4.69, 9.17) is 38.4 Å². The summed E-state index contributed by atoms with van der Waals surface area (Å²) in [6, 6.07) is 6.95. The van der Waals surface area contributed by atoms with Crippen molar-refractivity contribution in [3.05, 3.63) is 58.3 Å². The second-order valence-corrected chi connectivity index (χ2v) is 11.4. The third-order valence-corrected chi connectivity index (χ3v) is 8.69. The van der Waals surface area contributed by atoms with Gasteiger partial charge in [-0.25, -0.2) is 19.3 Å². The lowest BCUT2D eigenvalue weighted by atomic mass is 9.76. The molecule has 4 atom stereocenters. The minimum atomic E-state index is -0.709. The maximum Gasteiger partial charge on any atom is 0.163 e. The third kappa shape index (κ3) is 4.05. The number of pyridine rings is 1. The molecular weight excluding hydrogens is 516 g/mol. The van der Waals surface area contributed by atoms with E-state index in [1.165, 1.54) is 12.4 Å². The van der Waals surface area contributed by atoms with Gasteiger partial charge in [-0.2, -0.15) is 0 Å². The molecule has 1 saturated heterocycles. The van der Waals surface area contributed by atoms with Gasteiger partial charge >= 0.3 is 0 Å². The van der Waals surface area contributed by atoms with Crippen LogP contribution < -0.4 is 5.73 Å². The number of nitrogens with two attached hydrogens (primary N) is 1. The minimum absolute atomic E-state index is 0.00661. The maximum atomic E-state index is 15.0. The molecule has 7 nitrogen and oxygen atoms in total. The Bertz CT molecular complexity index is 1530. The lowest BCUT2D eigenvalue weighted by Gasteiger charge is -2.34. The molecule has 0 unspecified atom stereocenters. The molecule has 1 aliphatic heterocycles. The number of aromatic nitrogens is 4. The fourth-order valence-electron chi connectivity index (χ4n) is 6.24. The van der Waals surface area contributed by atoms with Crippen LogP contribution in [0.3, 0.4) is 0 Å². The van der Waals surface area contributed by atoms with Crippen LogP contribution in [0.25, 0.3) is 21.9 Å². The van der Waals surface area contributed by atoms with Gasteiger partial charge in [-0.1, -0.05) is 30.1 Å². The zero-order valence-electron chi connectivity index (χ0n) is 20.8. The molecule has 6 rings (SSSR count). The van der Waals surface area contributed by atoms with Crippen molar-refractivity contribution >= 4 is 51.0 Å². The molecule has 4 heterocycles. The van der Waals surface area contributed by atoms with Gasteiger partial charge in [0.15, 0.2) is 5.79 Å². The lowest BCUT2D eigenvalue weighted by molar-refractivity contribution is -0.170. The summed E-state index contributed by atoms with van der Waals surface area (Å²) in [6.45, 7) is 6.09. The normalized spacial score (nSPS) is 26.8. The molecule has 0 bridgehead atoms. The Balaban J connectivity index is 1.35. The quantitative estimate of drug-likeness (QED) is 0.289. The first-order valence-electron chi connectivity index (χ1n) is 12.5. The Labute approximate surface area is 224 Å². The summed E-state index contributed by atoms with van der Waals surface area (Å²) < 4.78 is 30.1. The first kappa shape index (κ1) is 24.8. The van der Waals surface area contributed by atoms with Crippen molar-refractivity contribution in [2.45, 2.75) is 70.5 Å². The number of benzene rings is 1. The zero-order chi connectivity index (χ0) is 26.1. The van der Waals surface area contributed by atoms with E-state index in [-0.39, 0.29) is 40.3 Å². The minimum Gasteiger partial charge on any atom is -0.382 e. The van der Waals surface area contributed by atoms with Crippen molar-refractivity contribution in [1.29, 1.82) is 0 Å². The number of ether oxygens (including phenoxy) is 2. The van der Waals surface area contributed by atoms with Gasteiger partial charge in [0.2, 0.25) is 0 Å². The van der Waals surface area contributed by atoms with Crippen LogP contribution in [0.1, 0.15) is 51.6 Å². The van der Waals surface area contributed by atoms with Crippen LogP contribution >= 0.6 is 23.2 Å². The van der Waals surface area contributed by atoms with Gasteiger partial charge in [0.1, 0.15) is 34.9 Å². The van der Waals surface area contributed by atoms with E-state index in [9.17, 15) is 4.39 Å². The van der Waals surface area contributed by atoms with Crippen molar-refractivity contribution in [3.63, 3.8) is 0 Å². The Morgan fingerprint density at radius 1 is 1.16 bits per heavy atom. The molecule has 37 heavy (non-hydrogen) atoms. The molecule has 10 heteroatoms. The summed E-state index contributed by atoms with van der Waals surface area (Å²) in [5, 5.41) is 1.85.